The van der Waals surface area contributed by atoms with Crippen molar-refractivity contribution in [1.29, 1.82) is 0 Å². The Labute approximate surface area is 196 Å². The van der Waals surface area contributed by atoms with Crippen molar-refractivity contribution < 1.29 is 14.3 Å². The fourth-order valence-corrected chi connectivity index (χ4v) is 3.39. The number of H-pyrrole nitrogens is 1. The van der Waals surface area contributed by atoms with Gasteiger partial charge in [-0.15, -0.1) is 0 Å². The van der Waals surface area contributed by atoms with Crippen LogP contribution >= 0.6 is 0 Å². The van der Waals surface area contributed by atoms with Crippen molar-refractivity contribution >= 4 is 40.2 Å². The van der Waals surface area contributed by atoms with Crippen molar-refractivity contribution in [2.24, 2.45) is 0 Å². The summed E-state index contributed by atoms with van der Waals surface area (Å²) >= 11 is 0. The lowest BCUT2D eigenvalue weighted by molar-refractivity contribution is -0.115. The van der Waals surface area contributed by atoms with Crippen molar-refractivity contribution in [2.75, 3.05) is 16.4 Å². The van der Waals surface area contributed by atoms with Crippen molar-refractivity contribution in [3.63, 3.8) is 0 Å². The lowest BCUT2D eigenvalue weighted by Crippen LogP contribution is -2.27. The quantitative estimate of drug-likeness (QED) is 0.341. The van der Waals surface area contributed by atoms with Gasteiger partial charge in [0.1, 0.15) is 11.4 Å². The highest BCUT2D eigenvalue weighted by molar-refractivity contribution is 5.94. The number of hydrogen-bond acceptors (Lipinski definition) is 6. The Bertz CT molecular complexity index is 1340. The molecule has 0 unspecified atom stereocenters. The molecule has 2 aromatic heterocycles. The molecule has 0 saturated heterocycles. The first kappa shape index (κ1) is 22.8. The smallest absolute Gasteiger partial charge is 0.412 e. The van der Waals surface area contributed by atoms with Crippen LogP contribution in [0.4, 0.5) is 22.1 Å². The number of nitrogens with zero attached hydrogens (tertiary/aromatic N) is 2. The van der Waals surface area contributed by atoms with Gasteiger partial charge >= 0.3 is 6.09 Å². The summed E-state index contributed by atoms with van der Waals surface area (Å²) in [7, 11) is 0. The number of carbonyl (C=O) groups is 2. The molecule has 34 heavy (non-hydrogen) atoms. The zero-order valence-electron chi connectivity index (χ0n) is 19.2. The molecule has 5 N–H and O–H groups in total. The number of hydrogen-bond donors (Lipinski definition) is 4. The van der Waals surface area contributed by atoms with Crippen LogP contribution in [0.2, 0.25) is 0 Å². The van der Waals surface area contributed by atoms with E-state index < -0.39 is 11.7 Å². The fraction of sp³-hybridized carbons (Fsp3) is 0.200. The van der Waals surface area contributed by atoms with Gasteiger partial charge in [0, 0.05) is 17.3 Å². The van der Waals surface area contributed by atoms with Crippen LogP contribution in [0.15, 0.2) is 60.8 Å². The van der Waals surface area contributed by atoms with Gasteiger partial charge in [0.2, 0.25) is 5.91 Å². The summed E-state index contributed by atoms with van der Waals surface area (Å²) in [5.41, 5.74) is 9.40. The van der Waals surface area contributed by atoms with E-state index in [9.17, 15) is 9.59 Å². The van der Waals surface area contributed by atoms with Crippen LogP contribution in [-0.2, 0) is 16.0 Å². The lowest BCUT2D eigenvalue weighted by atomic mass is 10.0. The van der Waals surface area contributed by atoms with E-state index in [1.165, 1.54) is 0 Å². The van der Waals surface area contributed by atoms with Gasteiger partial charge in [-0.1, -0.05) is 18.2 Å². The number of nitrogen functional groups attached to an aromatic ring is 1. The Balaban J connectivity index is 1.38. The molecule has 0 radical (unpaired) electrons. The summed E-state index contributed by atoms with van der Waals surface area (Å²) in [6, 6.07) is 16.5. The summed E-state index contributed by atoms with van der Waals surface area (Å²) in [4.78, 5) is 28.7. The number of pyridine rings is 1. The van der Waals surface area contributed by atoms with E-state index in [0.29, 0.717) is 17.3 Å². The molecular weight excluding hydrogens is 432 g/mol. The summed E-state index contributed by atoms with van der Waals surface area (Å²) in [6.45, 7) is 5.40. The number of aromatic nitrogens is 3. The minimum Gasteiger partial charge on any atom is -0.444 e. The van der Waals surface area contributed by atoms with E-state index >= 15 is 0 Å². The highest BCUT2D eigenvalue weighted by Gasteiger charge is 2.16. The van der Waals surface area contributed by atoms with Crippen LogP contribution in [0.5, 0.6) is 0 Å². The molecule has 0 spiro atoms. The standard InChI is InChI=1S/C25H26N6O3/c1-25(2,3)34-24(33)28-18-7-4-15(5-8-18)12-22(32)29-21-14-17(10-11-27-21)16-6-9-20-19(13-16)23(26)31-30-20/h4-11,13-14H,12H2,1-3H3,(H,28,33)(H3,26,30,31)(H,27,29,32). The molecule has 9 nitrogen and oxygen atoms in total. The summed E-state index contributed by atoms with van der Waals surface area (Å²) in [5.74, 6) is 0.685. The van der Waals surface area contributed by atoms with E-state index in [4.69, 9.17) is 10.5 Å². The molecule has 2 amide bonds. The maximum Gasteiger partial charge on any atom is 0.412 e. The van der Waals surface area contributed by atoms with Crippen LogP contribution in [0.25, 0.3) is 22.0 Å². The van der Waals surface area contributed by atoms with Gasteiger partial charge in [-0.2, -0.15) is 5.10 Å². The van der Waals surface area contributed by atoms with Crippen molar-refractivity contribution in [3.8, 4) is 11.1 Å². The number of rotatable bonds is 5. The summed E-state index contributed by atoms with van der Waals surface area (Å²) in [6.07, 6.45) is 1.28. The van der Waals surface area contributed by atoms with Crippen LogP contribution in [-0.4, -0.2) is 32.8 Å². The molecule has 4 rings (SSSR count). The third-order valence-electron chi connectivity index (χ3n) is 4.92. The molecule has 0 aliphatic heterocycles. The summed E-state index contributed by atoms with van der Waals surface area (Å²) in [5, 5.41) is 13.2. The number of anilines is 3. The van der Waals surface area contributed by atoms with Crippen molar-refractivity contribution in [1.82, 2.24) is 15.2 Å². The average Bonchev–Trinajstić information content (AvgIpc) is 3.14. The Morgan fingerprint density at radius 3 is 2.47 bits per heavy atom. The molecule has 2 heterocycles. The van der Waals surface area contributed by atoms with Gasteiger partial charge in [-0.3, -0.25) is 15.2 Å². The second-order valence-corrected chi connectivity index (χ2v) is 8.85. The SMILES string of the molecule is CC(C)(C)OC(=O)Nc1ccc(CC(=O)Nc2cc(-c3ccc4[nH]nc(N)c4c3)ccn2)cc1. The Morgan fingerprint density at radius 1 is 1.00 bits per heavy atom. The maximum atomic E-state index is 12.6. The molecule has 4 aromatic rings. The Morgan fingerprint density at radius 2 is 1.74 bits per heavy atom. The molecule has 174 valence electrons. The first-order valence-electron chi connectivity index (χ1n) is 10.8. The van der Waals surface area contributed by atoms with E-state index in [0.717, 1.165) is 27.6 Å². The number of ether oxygens (including phenoxy) is 1. The molecule has 2 aromatic carbocycles. The molecule has 0 aliphatic carbocycles. The highest BCUT2D eigenvalue weighted by atomic mass is 16.6. The first-order valence-corrected chi connectivity index (χ1v) is 10.8. The maximum absolute atomic E-state index is 12.6. The molecule has 0 aliphatic rings. The van der Waals surface area contributed by atoms with Crippen LogP contribution in [0, 0.1) is 0 Å². The fourth-order valence-electron chi connectivity index (χ4n) is 3.39. The predicted molar refractivity (Wildman–Crippen MR) is 132 cm³/mol. The number of nitrogens with one attached hydrogen (secondary N) is 3. The van der Waals surface area contributed by atoms with E-state index in [1.807, 2.05) is 30.3 Å². The van der Waals surface area contributed by atoms with E-state index in [2.05, 4.69) is 25.8 Å². The highest BCUT2D eigenvalue weighted by Crippen LogP contribution is 2.27. The van der Waals surface area contributed by atoms with E-state index in [-0.39, 0.29) is 12.3 Å². The molecule has 0 fully saturated rings. The second-order valence-electron chi connectivity index (χ2n) is 8.85. The van der Waals surface area contributed by atoms with Gasteiger partial charge in [-0.05, 0) is 73.9 Å². The third kappa shape index (κ3) is 5.69. The molecule has 0 bridgehead atoms. The minimum absolute atomic E-state index is 0.163. The number of fused-ring (bicyclic) bond motifs is 1. The summed E-state index contributed by atoms with van der Waals surface area (Å²) < 4.78 is 5.24. The minimum atomic E-state index is -0.577. The first-order chi connectivity index (χ1) is 16.2. The van der Waals surface area contributed by atoms with Crippen LogP contribution < -0.4 is 16.4 Å². The van der Waals surface area contributed by atoms with Gasteiger partial charge in [0.15, 0.2) is 5.82 Å². The normalized spacial score (nSPS) is 11.3. The Kier molecular flexibility index (Phi) is 6.18. The Hall–Kier alpha value is -4.40. The average molecular weight is 459 g/mol. The van der Waals surface area contributed by atoms with Gasteiger partial charge in [0.05, 0.1) is 11.9 Å². The second kappa shape index (κ2) is 9.22. The third-order valence-corrected chi connectivity index (χ3v) is 4.92. The zero-order valence-corrected chi connectivity index (χ0v) is 19.2. The lowest BCUT2D eigenvalue weighted by Gasteiger charge is -2.19. The van der Waals surface area contributed by atoms with Crippen molar-refractivity contribution in [3.05, 3.63) is 66.4 Å². The predicted octanol–water partition coefficient (Wildman–Crippen LogP) is 4.74. The monoisotopic (exact) mass is 458 g/mol. The topological polar surface area (TPSA) is 135 Å². The number of amides is 2. The number of benzene rings is 2. The number of aromatic amines is 1. The van der Waals surface area contributed by atoms with Gasteiger partial charge in [0.25, 0.3) is 0 Å². The number of nitrogens with two attached hydrogens (primary N) is 1. The van der Waals surface area contributed by atoms with Crippen LogP contribution in [0.1, 0.15) is 26.3 Å². The molecule has 0 atom stereocenters. The largest absolute Gasteiger partial charge is 0.444 e. The van der Waals surface area contributed by atoms with Crippen LogP contribution in [0.3, 0.4) is 0 Å². The zero-order chi connectivity index (χ0) is 24.3. The molecule has 0 saturated carbocycles. The molecule has 9 heteroatoms. The van der Waals surface area contributed by atoms with Gasteiger partial charge in [-0.25, -0.2) is 9.78 Å². The van der Waals surface area contributed by atoms with Crippen molar-refractivity contribution in [2.45, 2.75) is 32.8 Å². The number of carbonyl (C=O) groups excluding carboxylic acids is 2. The van der Waals surface area contributed by atoms with Gasteiger partial charge < -0.3 is 15.8 Å². The van der Waals surface area contributed by atoms with E-state index in [1.54, 1.807) is 51.2 Å². The molecular formula is C25H26N6O3.